The predicted molar refractivity (Wildman–Crippen MR) is 116 cm³/mol. The second kappa shape index (κ2) is 8.76. The van der Waals surface area contributed by atoms with Crippen molar-refractivity contribution < 1.29 is 18.6 Å². The van der Waals surface area contributed by atoms with Gasteiger partial charge >= 0.3 is 0 Å². The lowest BCUT2D eigenvalue weighted by Crippen LogP contribution is -2.16. The summed E-state index contributed by atoms with van der Waals surface area (Å²) in [4.78, 5) is 0. The van der Waals surface area contributed by atoms with Gasteiger partial charge in [-0.1, -0.05) is 44.7 Å². The average molecular weight is 445 g/mol. The molecule has 0 fully saturated rings. The maximum atomic E-state index is 13.9. The molecule has 2 heterocycles. The van der Waals surface area contributed by atoms with Crippen molar-refractivity contribution in [3.05, 3.63) is 64.7 Å². The largest absolute Gasteiger partial charge is 0.486 e. The normalized spacial score (nSPS) is 13.5. The minimum atomic E-state index is -0.329. The molecule has 164 valence electrons. The lowest BCUT2D eigenvalue weighted by molar-refractivity contribution is -0.0171. The van der Waals surface area contributed by atoms with Gasteiger partial charge in [0.15, 0.2) is 12.6 Å². The molecule has 4 rings (SSSR count). The van der Waals surface area contributed by atoms with Crippen LogP contribution >= 0.6 is 11.8 Å². The molecule has 2 aromatic carbocycles. The number of nitrogens with two attached hydrogens (primary N) is 1. The standard InChI is InChI=1S/C22H25FN4O3S/c1-22(2,3)16-4-6-18(7-5-16)29-11-19-25-26-21(27(19)24)31-12-15-9-17(23)8-14-10-28-13-30-20(14)15/h4-9H,10-13,24H2,1-3H3. The maximum Gasteiger partial charge on any atom is 0.210 e. The fourth-order valence-corrected chi connectivity index (χ4v) is 4.05. The van der Waals surface area contributed by atoms with E-state index in [2.05, 4.69) is 43.1 Å². The summed E-state index contributed by atoms with van der Waals surface area (Å²) in [7, 11) is 0. The Morgan fingerprint density at radius 2 is 1.97 bits per heavy atom. The number of fused-ring (bicyclic) bond motifs is 1. The summed E-state index contributed by atoms with van der Waals surface area (Å²) >= 11 is 1.35. The summed E-state index contributed by atoms with van der Waals surface area (Å²) in [6, 6.07) is 10.9. The number of nitrogens with zero attached hydrogens (tertiary/aromatic N) is 3. The number of benzene rings is 2. The van der Waals surface area contributed by atoms with Gasteiger partial charge in [0.25, 0.3) is 0 Å². The number of nitrogen functional groups attached to an aromatic ring is 1. The zero-order chi connectivity index (χ0) is 22.0. The minimum absolute atomic E-state index is 0.0844. The molecule has 2 N–H and O–H groups in total. The van der Waals surface area contributed by atoms with Gasteiger partial charge in [-0.2, -0.15) is 0 Å². The lowest BCUT2D eigenvalue weighted by atomic mass is 9.87. The lowest BCUT2D eigenvalue weighted by Gasteiger charge is -2.20. The molecule has 0 saturated heterocycles. The number of hydrogen-bond donors (Lipinski definition) is 1. The molecule has 0 bridgehead atoms. The molecule has 0 unspecified atom stereocenters. The molecule has 1 aromatic heterocycles. The molecule has 0 radical (unpaired) electrons. The number of aromatic nitrogens is 3. The number of ether oxygens (including phenoxy) is 3. The van der Waals surface area contributed by atoms with Crippen LogP contribution in [0.3, 0.4) is 0 Å². The summed E-state index contributed by atoms with van der Waals surface area (Å²) in [6.45, 7) is 7.17. The van der Waals surface area contributed by atoms with E-state index in [0.717, 1.165) is 11.3 Å². The fourth-order valence-electron chi connectivity index (χ4n) is 3.21. The second-order valence-electron chi connectivity index (χ2n) is 8.28. The van der Waals surface area contributed by atoms with Crippen LogP contribution in [0.2, 0.25) is 0 Å². The highest BCUT2D eigenvalue weighted by Gasteiger charge is 2.19. The van der Waals surface area contributed by atoms with E-state index >= 15 is 0 Å². The molecule has 7 nitrogen and oxygen atoms in total. The first-order valence-electron chi connectivity index (χ1n) is 9.88. The highest BCUT2D eigenvalue weighted by atomic mass is 32.2. The van der Waals surface area contributed by atoms with Crippen LogP contribution in [0, 0.1) is 5.82 Å². The van der Waals surface area contributed by atoms with Gasteiger partial charge in [0.1, 0.15) is 23.9 Å². The SMILES string of the molecule is CC(C)(C)c1ccc(OCc2nnc(SCc3cc(F)cc4c3OCOC4)n2N)cc1. The van der Waals surface area contributed by atoms with Crippen molar-refractivity contribution in [2.45, 2.75) is 50.3 Å². The molecule has 0 saturated carbocycles. The van der Waals surface area contributed by atoms with Gasteiger partial charge in [-0.15, -0.1) is 10.2 Å². The summed E-state index contributed by atoms with van der Waals surface area (Å²) in [6.07, 6.45) is 0. The average Bonchev–Trinajstić information content (AvgIpc) is 3.09. The summed E-state index contributed by atoms with van der Waals surface area (Å²) in [5.41, 5.74) is 2.74. The fraction of sp³-hybridized carbons (Fsp3) is 0.364. The summed E-state index contributed by atoms with van der Waals surface area (Å²) in [5.74, 6) is 8.14. The quantitative estimate of drug-likeness (QED) is 0.451. The van der Waals surface area contributed by atoms with E-state index in [1.54, 1.807) is 0 Å². The van der Waals surface area contributed by atoms with Gasteiger partial charge in [-0.3, -0.25) is 0 Å². The van der Waals surface area contributed by atoms with Crippen LogP contribution in [0.15, 0.2) is 41.6 Å². The minimum Gasteiger partial charge on any atom is -0.486 e. The Balaban J connectivity index is 1.39. The van der Waals surface area contributed by atoms with Crippen molar-refractivity contribution in [2.75, 3.05) is 12.6 Å². The van der Waals surface area contributed by atoms with E-state index in [1.165, 1.54) is 34.1 Å². The topological polar surface area (TPSA) is 84.4 Å². The number of hydrogen-bond acceptors (Lipinski definition) is 7. The van der Waals surface area contributed by atoms with Gasteiger partial charge in [-0.05, 0) is 35.2 Å². The molecular formula is C22H25FN4O3S. The van der Waals surface area contributed by atoms with Gasteiger partial charge < -0.3 is 20.1 Å². The number of rotatable bonds is 6. The van der Waals surface area contributed by atoms with E-state index in [-0.39, 0.29) is 24.6 Å². The molecule has 0 spiro atoms. The first kappa shape index (κ1) is 21.5. The third kappa shape index (κ3) is 4.94. The molecule has 0 atom stereocenters. The van der Waals surface area contributed by atoms with Crippen LogP contribution in [0.4, 0.5) is 4.39 Å². The first-order valence-corrected chi connectivity index (χ1v) is 10.9. The smallest absolute Gasteiger partial charge is 0.210 e. The molecule has 1 aliphatic rings. The highest BCUT2D eigenvalue weighted by molar-refractivity contribution is 7.98. The second-order valence-corrected chi connectivity index (χ2v) is 9.23. The van der Waals surface area contributed by atoms with Crippen LogP contribution in [-0.4, -0.2) is 21.7 Å². The van der Waals surface area contributed by atoms with Crippen LogP contribution in [0.25, 0.3) is 0 Å². The molecule has 31 heavy (non-hydrogen) atoms. The van der Waals surface area contributed by atoms with E-state index in [1.807, 2.05) is 12.1 Å². The third-order valence-electron chi connectivity index (χ3n) is 4.93. The van der Waals surface area contributed by atoms with Crippen molar-refractivity contribution in [1.29, 1.82) is 0 Å². The van der Waals surface area contributed by atoms with Gasteiger partial charge in [0.2, 0.25) is 5.16 Å². The molecular weight excluding hydrogens is 419 g/mol. The van der Waals surface area contributed by atoms with E-state index in [0.29, 0.717) is 34.7 Å². The summed E-state index contributed by atoms with van der Waals surface area (Å²) in [5, 5.41) is 8.76. The van der Waals surface area contributed by atoms with E-state index in [4.69, 9.17) is 20.1 Å². The van der Waals surface area contributed by atoms with Crippen LogP contribution in [0.5, 0.6) is 11.5 Å². The van der Waals surface area contributed by atoms with Gasteiger partial charge in [0.05, 0.1) is 6.61 Å². The zero-order valence-corrected chi connectivity index (χ0v) is 18.5. The van der Waals surface area contributed by atoms with Gasteiger partial charge in [0, 0.05) is 16.9 Å². The molecule has 0 amide bonds. The Hall–Kier alpha value is -2.78. The van der Waals surface area contributed by atoms with Crippen LogP contribution < -0.4 is 15.3 Å². The predicted octanol–water partition coefficient (Wildman–Crippen LogP) is 4.17. The molecule has 1 aliphatic heterocycles. The van der Waals surface area contributed by atoms with E-state index < -0.39 is 0 Å². The van der Waals surface area contributed by atoms with Crippen molar-refractivity contribution in [2.24, 2.45) is 0 Å². The Morgan fingerprint density at radius 1 is 1.19 bits per heavy atom. The van der Waals surface area contributed by atoms with Crippen molar-refractivity contribution in [3.8, 4) is 11.5 Å². The molecule has 9 heteroatoms. The van der Waals surface area contributed by atoms with Crippen LogP contribution in [0.1, 0.15) is 43.3 Å². The Labute approximate surface area is 184 Å². The third-order valence-corrected chi connectivity index (χ3v) is 5.92. The Bertz CT molecular complexity index is 1060. The van der Waals surface area contributed by atoms with Crippen molar-refractivity contribution in [3.63, 3.8) is 0 Å². The first-order chi connectivity index (χ1) is 14.8. The van der Waals surface area contributed by atoms with Gasteiger partial charge in [-0.25, -0.2) is 9.07 Å². The zero-order valence-electron chi connectivity index (χ0n) is 17.7. The maximum absolute atomic E-state index is 13.9. The summed E-state index contributed by atoms with van der Waals surface area (Å²) < 4.78 is 31.9. The van der Waals surface area contributed by atoms with Crippen LogP contribution in [-0.2, 0) is 29.1 Å². The Kier molecular flexibility index (Phi) is 6.06. The Morgan fingerprint density at radius 3 is 2.71 bits per heavy atom. The van der Waals surface area contributed by atoms with E-state index in [9.17, 15) is 4.39 Å². The van der Waals surface area contributed by atoms with Crippen molar-refractivity contribution >= 4 is 11.8 Å². The molecule has 3 aromatic rings. The monoisotopic (exact) mass is 444 g/mol. The highest BCUT2D eigenvalue weighted by Crippen LogP contribution is 2.33. The van der Waals surface area contributed by atoms with Crippen molar-refractivity contribution in [1.82, 2.24) is 14.9 Å². The molecule has 0 aliphatic carbocycles. The number of thioether (sulfide) groups is 1. The number of halogens is 1.